The Morgan fingerprint density at radius 1 is 1.06 bits per heavy atom. The SMILES string of the molecule is CN(C)CCN(Cc1ccccc1C(F)(F)F)C(=O)COc1cccc2c1CNCC2.Cl.Cl. The quantitative estimate of drug-likeness (QED) is 0.582. The number of nitrogens with one attached hydrogen (secondary N) is 1. The zero-order valence-corrected chi connectivity index (χ0v) is 20.3. The summed E-state index contributed by atoms with van der Waals surface area (Å²) in [7, 11) is 3.71. The highest BCUT2D eigenvalue weighted by Gasteiger charge is 2.33. The maximum Gasteiger partial charge on any atom is 0.416 e. The van der Waals surface area contributed by atoms with Crippen molar-refractivity contribution >= 4 is 30.7 Å². The number of rotatable bonds is 8. The number of fused-ring (bicyclic) bond motifs is 1. The van der Waals surface area contributed by atoms with Gasteiger partial charge in [0.05, 0.1) is 5.56 Å². The number of hydrogen-bond donors (Lipinski definition) is 1. The van der Waals surface area contributed by atoms with E-state index in [2.05, 4.69) is 5.32 Å². The number of alkyl halides is 3. The van der Waals surface area contributed by atoms with E-state index in [1.54, 1.807) is 6.07 Å². The molecule has 2 aromatic rings. The van der Waals surface area contributed by atoms with Crippen LogP contribution in [0.4, 0.5) is 13.2 Å². The first-order valence-corrected chi connectivity index (χ1v) is 10.3. The van der Waals surface area contributed by atoms with Crippen LogP contribution in [0.2, 0.25) is 0 Å². The molecule has 184 valence electrons. The molecule has 1 N–H and O–H groups in total. The fourth-order valence-electron chi connectivity index (χ4n) is 3.60. The van der Waals surface area contributed by atoms with Gasteiger partial charge in [0.1, 0.15) is 5.75 Å². The molecule has 0 spiro atoms. The Hall–Kier alpha value is -2.00. The average molecular weight is 508 g/mol. The molecule has 0 radical (unpaired) electrons. The van der Waals surface area contributed by atoms with Gasteiger partial charge in [0.2, 0.25) is 0 Å². The summed E-state index contributed by atoms with van der Waals surface area (Å²) in [5.74, 6) is 0.293. The number of amides is 1. The summed E-state index contributed by atoms with van der Waals surface area (Å²) in [6.07, 6.45) is -3.58. The molecule has 5 nitrogen and oxygen atoms in total. The summed E-state index contributed by atoms with van der Waals surface area (Å²) in [6.45, 7) is 2.05. The van der Waals surface area contributed by atoms with Crippen LogP contribution in [0.5, 0.6) is 5.75 Å². The van der Waals surface area contributed by atoms with Crippen molar-refractivity contribution in [1.29, 1.82) is 0 Å². The van der Waals surface area contributed by atoms with E-state index in [0.29, 0.717) is 25.4 Å². The molecule has 1 aliphatic heterocycles. The van der Waals surface area contributed by atoms with Crippen LogP contribution in [0.15, 0.2) is 42.5 Å². The largest absolute Gasteiger partial charge is 0.483 e. The number of carbonyl (C=O) groups excluding carboxylic acids is 1. The summed E-state index contributed by atoms with van der Waals surface area (Å²) >= 11 is 0. The van der Waals surface area contributed by atoms with Gasteiger partial charge in [-0.15, -0.1) is 24.8 Å². The lowest BCUT2D eigenvalue weighted by Crippen LogP contribution is -2.39. The van der Waals surface area contributed by atoms with E-state index in [4.69, 9.17) is 4.74 Å². The summed E-state index contributed by atoms with van der Waals surface area (Å²) in [6, 6.07) is 11.1. The number of carbonyl (C=O) groups is 1. The lowest BCUT2D eigenvalue weighted by Gasteiger charge is -2.26. The van der Waals surface area contributed by atoms with Gasteiger partial charge in [0.25, 0.3) is 5.91 Å². The van der Waals surface area contributed by atoms with Gasteiger partial charge in [0.15, 0.2) is 6.61 Å². The van der Waals surface area contributed by atoms with Crippen molar-refractivity contribution in [2.24, 2.45) is 0 Å². The third-order valence-electron chi connectivity index (χ3n) is 5.31. The van der Waals surface area contributed by atoms with Gasteiger partial charge in [-0.2, -0.15) is 13.2 Å². The first kappa shape index (κ1) is 29.0. The minimum atomic E-state index is -4.47. The van der Waals surface area contributed by atoms with Gasteiger partial charge >= 0.3 is 6.18 Å². The Bertz CT molecular complexity index is 911. The van der Waals surface area contributed by atoms with Crippen LogP contribution in [0.3, 0.4) is 0 Å². The van der Waals surface area contributed by atoms with Crippen LogP contribution in [-0.4, -0.2) is 56.0 Å². The smallest absolute Gasteiger partial charge is 0.416 e. The number of likely N-dealkylation sites (N-methyl/N-ethyl adjacent to an activating group) is 1. The monoisotopic (exact) mass is 507 g/mol. The van der Waals surface area contributed by atoms with Crippen LogP contribution in [0.1, 0.15) is 22.3 Å². The maximum absolute atomic E-state index is 13.4. The Balaban J connectivity index is 0.00000272. The van der Waals surface area contributed by atoms with Crippen LogP contribution in [-0.2, 0) is 30.5 Å². The van der Waals surface area contributed by atoms with Gasteiger partial charge in [-0.25, -0.2) is 0 Å². The average Bonchev–Trinajstić information content (AvgIpc) is 2.74. The highest BCUT2D eigenvalue weighted by atomic mass is 35.5. The first-order chi connectivity index (χ1) is 14.8. The van der Waals surface area contributed by atoms with Gasteiger partial charge in [-0.1, -0.05) is 30.3 Å². The second kappa shape index (κ2) is 13.0. The number of benzene rings is 2. The molecule has 0 bridgehead atoms. The Labute approximate surface area is 205 Å². The molecule has 0 atom stereocenters. The highest BCUT2D eigenvalue weighted by molar-refractivity contribution is 5.85. The van der Waals surface area contributed by atoms with Gasteiger partial charge in [-0.05, 0) is 50.3 Å². The minimum Gasteiger partial charge on any atom is -0.483 e. The van der Waals surface area contributed by atoms with Crippen molar-refractivity contribution < 1.29 is 22.7 Å². The molecule has 33 heavy (non-hydrogen) atoms. The predicted molar refractivity (Wildman–Crippen MR) is 127 cm³/mol. The maximum atomic E-state index is 13.4. The van der Waals surface area contributed by atoms with E-state index in [0.717, 1.165) is 24.6 Å². The standard InChI is InChI=1S/C23H28F3N3O2.2ClH/c1-28(2)12-13-29(15-18-6-3-4-8-20(18)23(24,25)26)22(30)16-31-21-9-5-7-17-10-11-27-14-19(17)21;;/h3-9,27H,10-16H2,1-2H3;2*1H. The van der Waals surface area contributed by atoms with Gasteiger partial charge < -0.3 is 19.9 Å². The molecular weight excluding hydrogens is 478 g/mol. The van der Waals surface area contributed by atoms with Crippen LogP contribution < -0.4 is 10.1 Å². The van der Waals surface area contributed by atoms with Gasteiger partial charge in [0, 0.05) is 31.7 Å². The minimum absolute atomic E-state index is 0. The molecule has 2 aromatic carbocycles. The summed E-state index contributed by atoms with van der Waals surface area (Å²) in [5, 5.41) is 3.29. The summed E-state index contributed by atoms with van der Waals surface area (Å²) in [4.78, 5) is 16.3. The molecule has 1 heterocycles. The second-order valence-corrected chi connectivity index (χ2v) is 7.88. The first-order valence-electron chi connectivity index (χ1n) is 10.3. The number of nitrogens with zero attached hydrogens (tertiary/aromatic N) is 2. The summed E-state index contributed by atoms with van der Waals surface area (Å²) < 4.78 is 46.0. The molecular formula is C23H30Cl2F3N3O2. The Kier molecular flexibility index (Phi) is 11.5. The van der Waals surface area contributed by atoms with E-state index in [9.17, 15) is 18.0 Å². The second-order valence-electron chi connectivity index (χ2n) is 7.88. The number of ether oxygens (including phenoxy) is 1. The molecule has 10 heteroatoms. The molecule has 0 saturated carbocycles. The molecule has 0 aromatic heterocycles. The number of halogens is 5. The molecule has 3 rings (SSSR count). The topological polar surface area (TPSA) is 44.8 Å². The van der Waals surface area contributed by atoms with E-state index < -0.39 is 11.7 Å². The van der Waals surface area contributed by atoms with Crippen molar-refractivity contribution in [3.8, 4) is 5.75 Å². The van der Waals surface area contributed by atoms with E-state index in [1.807, 2.05) is 37.2 Å². The van der Waals surface area contributed by atoms with Crippen LogP contribution >= 0.6 is 24.8 Å². The Morgan fingerprint density at radius 3 is 2.48 bits per heavy atom. The molecule has 0 unspecified atom stereocenters. The van der Waals surface area contributed by atoms with E-state index in [1.165, 1.54) is 22.6 Å². The van der Waals surface area contributed by atoms with Crippen LogP contribution in [0, 0.1) is 0 Å². The fraction of sp³-hybridized carbons (Fsp3) is 0.435. The molecule has 1 amide bonds. The fourth-order valence-corrected chi connectivity index (χ4v) is 3.60. The van der Waals surface area contributed by atoms with Gasteiger partial charge in [-0.3, -0.25) is 4.79 Å². The van der Waals surface area contributed by atoms with Crippen molar-refractivity contribution in [2.45, 2.75) is 25.7 Å². The normalized spacial score (nSPS) is 12.9. The predicted octanol–water partition coefficient (Wildman–Crippen LogP) is 4.16. The molecule has 1 aliphatic rings. The molecule has 0 aliphatic carbocycles. The van der Waals surface area contributed by atoms with Crippen LogP contribution in [0.25, 0.3) is 0 Å². The third-order valence-corrected chi connectivity index (χ3v) is 5.31. The Morgan fingerprint density at radius 2 is 1.79 bits per heavy atom. The van der Waals surface area contributed by atoms with Crippen molar-refractivity contribution in [3.05, 3.63) is 64.7 Å². The lowest BCUT2D eigenvalue weighted by molar-refractivity contribution is -0.140. The van der Waals surface area contributed by atoms with Crippen molar-refractivity contribution in [1.82, 2.24) is 15.1 Å². The zero-order valence-electron chi connectivity index (χ0n) is 18.7. The molecule has 0 fully saturated rings. The summed E-state index contributed by atoms with van der Waals surface area (Å²) in [5.41, 5.74) is 1.57. The van der Waals surface area contributed by atoms with Crippen molar-refractivity contribution in [2.75, 3.05) is 40.3 Å². The number of hydrogen-bond acceptors (Lipinski definition) is 4. The zero-order chi connectivity index (χ0) is 22.4. The third kappa shape index (κ3) is 8.07. The lowest BCUT2D eigenvalue weighted by atomic mass is 10.0. The highest BCUT2D eigenvalue weighted by Crippen LogP contribution is 2.32. The van der Waals surface area contributed by atoms with Crippen molar-refractivity contribution in [3.63, 3.8) is 0 Å². The van der Waals surface area contributed by atoms with E-state index >= 15 is 0 Å². The molecule has 0 saturated heterocycles. The van der Waals surface area contributed by atoms with E-state index in [-0.39, 0.29) is 49.4 Å².